The molecule has 0 saturated heterocycles. The molecule has 1 heterocycles. The van der Waals surface area contributed by atoms with Crippen LogP contribution < -0.4 is 10.1 Å². The highest BCUT2D eigenvalue weighted by atomic mass is 19.4. The summed E-state index contributed by atoms with van der Waals surface area (Å²) in [6.07, 6.45) is -4.09. The van der Waals surface area contributed by atoms with Gasteiger partial charge in [0.05, 0.1) is 0 Å². The number of carboxylic acids is 1. The summed E-state index contributed by atoms with van der Waals surface area (Å²) in [7, 11) is 0. The van der Waals surface area contributed by atoms with Crippen molar-refractivity contribution in [2.24, 2.45) is 0 Å². The summed E-state index contributed by atoms with van der Waals surface area (Å²) in [6.45, 7) is 0.408. The molecule has 1 aromatic heterocycles. The Balaban J connectivity index is 1.94. The zero-order valence-corrected chi connectivity index (χ0v) is 13.7. The number of hydrogen-bond acceptors (Lipinski definition) is 4. The van der Waals surface area contributed by atoms with Crippen LogP contribution in [0, 0.1) is 0 Å². The van der Waals surface area contributed by atoms with Gasteiger partial charge in [0.15, 0.2) is 12.4 Å². The van der Waals surface area contributed by atoms with Crippen LogP contribution in [-0.4, -0.2) is 29.8 Å². The summed E-state index contributed by atoms with van der Waals surface area (Å²) >= 11 is 0. The number of aromatic carboxylic acids is 1. The number of furan rings is 1. The lowest BCUT2D eigenvalue weighted by molar-refractivity contribution is -0.153. The van der Waals surface area contributed by atoms with Crippen LogP contribution in [0.3, 0.4) is 0 Å². The number of carboxylic acid groups (broad SMARTS) is 1. The Morgan fingerprint density at radius 2 is 1.88 bits per heavy atom. The predicted octanol–water partition coefficient (Wildman–Crippen LogP) is 3.41. The molecule has 2 N–H and O–H groups in total. The smallest absolute Gasteiger partial charge is 0.422 e. The Labute approximate surface area is 146 Å². The summed E-state index contributed by atoms with van der Waals surface area (Å²) in [4.78, 5) is 23.1. The van der Waals surface area contributed by atoms with Crippen molar-refractivity contribution in [2.75, 3.05) is 6.61 Å². The maximum absolute atomic E-state index is 12.1. The Hall–Kier alpha value is -2.97. The van der Waals surface area contributed by atoms with E-state index in [1.165, 1.54) is 24.3 Å². The summed E-state index contributed by atoms with van der Waals surface area (Å²) in [5, 5.41) is 11.6. The van der Waals surface area contributed by atoms with Gasteiger partial charge in [-0.15, -0.1) is 0 Å². The van der Waals surface area contributed by atoms with Crippen molar-refractivity contribution in [3.8, 4) is 5.75 Å². The summed E-state index contributed by atoms with van der Waals surface area (Å²) in [5.41, 5.74) is 0.558. The van der Waals surface area contributed by atoms with Gasteiger partial charge in [-0.3, -0.25) is 4.79 Å². The number of benzene rings is 1. The maximum atomic E-state index is 12.1. The molecule has 0 unspecified atom stereocenters. The van der Waals surface area contributed by atoms with Gasteiger partial charge in [0, 0.05) is 19.0 Å². The van der Waals surface area contributed by atoms with Crippen LogP contribution in [0.25, 0.3) is 0 Å². The highest BCUT2D eigenvalue weighted by Crippen LogP contribution is 2.19. The molecule has 0 bridgehead atoms. The molecular formula is C17H16F3NO5. The molecule has 0 aliphatic heterocycles. The first kappa shape index (κ1) is 19.4. The SMILES string of the molecule is CCc1oc(C(=O)NCc2ccc(OCC(F)(F)F)cc2)cc1C(=O)O. The molecule has 1 aromatic carbocycles. The number of nitrogens with one attached hydrogen (secondary N) is 1. The Bertz CT molecular complexity index is 781. The van der Waals surface area contributed by atoms with Crippen molar-refractivity contribution < 1.29 is 37.0 Å². The van der Waals surface area contributed by atoms with Crippen LogP contribution in [0.4, 0.5) is 13.2 Å². The monoisotopic (exact) mass is 371 g/mol. The summed E-state index contributed by atoms with van der Waals surface area (Å²) in [6, 6.07) is 6.89. The van der Waals surface area contributed by atoms with Crippen LogP contribution in [-0.2, 0) is 13.0 Å². The van der Waals surface area contributed by atoms with E-state index in [0.29, 0.717) is 12.0 Å². The van der Waals surface area contributed by atoms with Crippen LogP contribution in [0.5, 0.6) is 5.75 Å². The zero-order valence-electron chi connectivity index (χ0n) is 13.7. The van der Waals surface area contributed by atoms with Crippen molar-refractivity contribution in [3.05, 3.63) is 53.0 Å². The van der Waals surface area contributed by atoms with E-state index in [1.807, 2.05) is 0 Å². The molecule has 6 nitrogen and oxygen atoms in total. The van der Waals surface area contributed by atoms with E-state index in [2.05, 4.69) is 10.1 Å². The molecule has 0 spiro atoms. The van der Waals surface area contributed by atoms with Gasteiger partial charge in [-0.05, 0) is 17.7 Å². The van der Waals surface area contributed by atoms with Gasteiger partial charge in [-0.1, -0.05) is 19.1 Å². The van der Waals surface area contributed by atoms with E-state index >= 15 is 0 Å². The van der Waals surface area contributed by atoms with E-state index in [4.69, 9.17) is 9.52 Å². The number of ether oxygens (including phenoxy) is 1. The quantitative estimate of drug-likeness (QED) is 0.779. The molecule has 1 amide bonds. The number of aryl methyl sites for hydroxylation is 1. The number of carbonyl (C=O) groups excluding carboxylic acids is 1. The van der Waals surface area contributed by atoms with Gasteiger partial charge in [0.2, 0.25) is 0 Å². The normalized spacial score (nSPS) is 11.2. The standard InChI is InChI=1S/C17H16F3NO5/c1-2-13-12(16(23)24)7-14(26-13)15(22)21-8-10-3-5-11(6-4-10)25-9-17(18,19)20/h3-7H,2,8-9H2,1H3,(H,21,22)(H,23,24). The van der Waals surface area contributed by atoms with Crippen molar-refractivity contribution in [2.45, 2.75) is 26.1 Å². The fraction of sp³-hybridized carbons (Fsp3) is 0.294. The third-order valence-corrected chi connectivity index (χ3v) is 3.36. The molecule has 0 fully saturated rings. The van der Waals surface area contributed by atoms with Crippen molar-refractivity contribution >= 4 is 11.9 Å². The number of hydrogen-bond donors (Lipinski definition) is 2. The first-order valence-corrected chi connectivity index (χ1v) is 7.62. The highest BCUT2D eigenvalue weighted by molar-refractivity contribution is 5.96. The number of halogens is 3. The second-order valence-corrected chi connectivity index (χ2v) is 5.34. The van der Waals surface area contributed by atoms with Crippen LogP contribution >= 0.6 is 0 Å². The van der Waals surface area contributed by atoms with Gasteiger partial charge in [-0.25, -0.2) is 4.79 Å². The van der Waals surface area contributed by atoms with Gasteiger partial charge < -0.3 is 19.6 Å². The van der Waals surface area contributed by atoms with Crippen molar-refractivity contribution in [3.63, 3.8) is 0 Å². The Morgan fingerprint density at radius 1 is 1.23 bits per heavy atom. The highest BCUT2D eigenvalue weighted by Gasteiger charge is 2.28. The molecule has 2 aromatic rings. The molecule has 0 radical (unpaired) electrons. The zero-order chi connectivity index (χ0) is 19.3. The van der Waals surface area contributed by atoms with Crippen molar-refractivity contribution in [1.82, 2.24) is 5.32 Å². The number of rotatable bonds is 7. The largest absolute Gasteiger partial charge is 0.484 e. The number of carbonyl (C=O) groups is 2. The molecule has 0 aliphatic rings. The minimum Gasteiger partial charge on any atom is -0.484 e. The van der Waals surface area contributed by atoms with E-state index in [0.717, 1.165) is 6.07 Å². The van der Waals surface area contributed by atoms with E-state index in [1.54, 1.807) is 6.92 Å². The average Bonchev–Trinajstić information content (AvgIpc) is 3.03. The molecule has 0 saturated carbocycles. The van der Waals surface area contributed by atoms with Gasteiger partial charge in [0.1, 0.15) is 17.1 Å². The second kappa shape index (κ2) is 7.94. The van der Waals surface area contributed by atoms with Crippen LogP contribution in [0.15, 0.2) is 34.7 Å². The minimum absolute atomic E-state index is 0.0575. The van der Waals surface area contributed by atoms with Gasteiger partial charge in [-0.2, -0.15) is 13.2 Å². The topological polar surface area (TPSA) is 88.8 Å². The fourth-order valence-corrected chi connectivity index (χ4v) is 2.12. The first-order chi connectivity index (χ1) is 12.2. The lowest BCUT2D eigenvalue weighted by atomic mass is 10.2. The molecule has 0 atom stereocenters. The maximum Gasteiger partial charge on any atom is 0.422 e. The van der Waals surface area contributed by atoms with E-state index < -0.39 is 24.7 Å². The fourth-order valence-electron chi connectivity index (χ4n) is 2.12. The molecular weight excluding hydrogens is 355 g/mol. The third-order valence-electron chi connectivity index (χ3n) is 3.36. The lowest BCUT2D eigenvalue weighted by Crippen LogP contribution is -2.22. The molecule has 140 valence electrons. The van der Waals surface area contributed by atoms with Gasteiger partial charge >= 0.3 is 12.1 Å². The third kappa shape index (κ3) is 5.27. The summed E-state index contributed by atoms with van der Waals surface area (Å²) < 4.78 is 46.1. The lowest BCUT2D eigenvalue weighted by Gasteiger charge is -2.09. The number of amides is 1. The van der Waals surface area contributed by atoms with Crippen LogP contribution in [0.2, 0.25) is 0 Å². The Kier molecular flexibility index (Phi) is 5.91. The Morgan fingerprint density at radius 3 is 2.38 bits per heavy atom. The van der Waals surface area contributed by atoms with Gasteiger partial charge in [0.25, 0.3) is 5.91 Å². The van der Waals surface area contributed by atoms with Crippen molar-refractivity contribution in [1.29, 1.82) is 0 Å². The minimum atomic E-state index is -4.41. The molecule has 26 heavy (non-hydrogen) atoms. The predicted molar refractivity (Wildman–Crippen MR) is 84.2 cm³/mol. The second-order valence-electron chi connectivity index (χ2n) is 5.34. The van der Waals surface area contributed by atoms with Crippen LogP contribution in [0.1, 0.15) is 39.2 Å². The summed E-state index contributed by atoms with van der Waals surface area (Å²) in [5.74, 6) is -1.64. The first-order valence-electron chi connectivity index (χ1n) is 7.62. The molecule has 2 rings (SSSR count). The average molecular weight is 371 g/mol. The molecule has 9 heteroatoms. The number of alkyl halides is 3. The molecule has 0 aliphatic carbocycles. The van der Waals surface area contributed by atoms with E-state index in [-0.39, 0.29) is 29.4 Å². The van der Waals surface area contributed by atoms with E-state index in [9.17, 15) is 22.8 Å².